The predicted molar refractivity (Wildman–Crippen MR) is 76.1 cm³/mol. The SMILES string of the molecule is N#Cc1ccc(S(=O)(=O)N2CCCC(N=C=O)C2)cc1Cl. The van der Waals surface area contributed by atoms with Gasteiger partial charge in [-0.05, 0) is 31.0 Å². The zero-order chi connectivity index (χ0) is 15.5. The van der Waals surface area contributed by atoms with Gasteiger partial charge in [0, 0.05) is 13.1 Å². The van der Waals surface area contributed by atoms with Crippen LogP contribution in [-0.2, 0) is 14.8 Å². The van der Waals surface area contributed by atoms with Gasteiger partial charge < -0.3 is 0 Å². The first-order valence-corrected chi connectivity index (χ1v) is 8.07. The van der Waals surface area contributed by atoms with E-state index in [4.69, 9.17) is 16.9 Å². The van der Waals surface area contributed by atoms with Crippen LogP contribution < -0.4 is 0 Å². The van der Waals surface area contributed by atoms with Gasteiger partial charge in [0.05, 0.1) is 21.5 Å². The molecule has 21 heavy (non-hydrogen) atoms. The van der Waals surface area contributed by atoms with Gasteiger partial charge in [0.1, 0.15) is 6.07 Å². The van der Waals surface area contributed by atoms with E-state index < -0.39 is 10.0 Å². The third-order valence-corrected chi connectivity index (χ3v) is 5.47. The van der Waals surface area contributed by atoms with E-state index in [1.807, 2.05) is 6.07 Å². The molecule has 0 radical (unpaired) electrons. The highest BCUT2D eigenvalue weighted by atomic mass is 35.5. The summed E-state index contributed by atoms with van der Waals surface area (Å²) in [6, 6.07) is 5.51. The Balaban J connectivity index is 2.31. The molecule has 6 nitrogen and oxygen atoms in total. The second-order valence-electron chi connectivity index (χ2n) is 4.63. The summed E-state index contributed by atoms with van der Waals surface area (Å²) in [6.07, 6.45) is 2.76. The van der Waals surface area contributed by atoms with Gasteiger partial charge in [0.25, 0.3) is 0 Å². The molecule has 2 rings (SSSR count). The number of nitrogens with zero attached hydrogens (tertiary/aromatic N) is 3. The second kappa shape index (κ2) is 6.37. The van der Waals surface area contributed by atoms with Crippen molar-refractivity contribution in [1.29, 1.82) is 5.26 Å². The number of nitriles is 1. The molecule has 0 aromatic heterocycles. The van der Waals surface area contributed by atoms with Crippen LogP contribution >= 0.6 is 11.6 Å². The van der Waals surface area contributed by atoms with E-state index >= 15 is 0 Å². The van der Waals surface area contributed by atoms with E-state index in [1.54, 1.807) is 0 Å². The second-order valence-corrected chi connectivity index (χ2v) is 6.98. The predicted octanol–water partition coefficient (Wildman–Crippen LogP) is 1.70. The lowest BCUT2D eigenvalue weighted by molar-refractivity contribution is 0.316. The van der Waals surface area contributed by atoms with Crippen LogP contribution in [0.1, 0.15) is 18.4 Å². The molecule has 110 valence electrons. The van der Waals surface area contributed by atoms with E-state index in [1.165, 1.54) is 28.6 Å². The number of hydrogen-bond donors (Lipinski definition) is 0. The smallest absolute Gasteiger partial charge is 0.211 e. The monoisotopic (exact) mass is 325 g/mol. The van der Waals surface area contributed by atoms with Gasteiger partial charge >= 0.3 is 0 Å². The lowest BCUT2D eigenvalue weighted by Gasteiger charge is -2.29. The summed E-state index contributed by atoms with van der Waals surface area (Å²) in [5.41, 5.74) is 0.220. The average Bonchev–Trinajstić information content (AvgIpc) is 2.48. The fourth-order valence-electron chi connectivity index (χ4n) is 2.22. The number of hydrogen-bond acceptors (Lipinski definition) is 5. The van der Waals surface area contributed by atoms with Gasteiger partial charge in [-0.2, -0.15) is 9.57 Å². The Labute approximate surface area is 127 Å². The molecule has 0 aliphatic carbocycles. The quantitative estimate of drug-likeness (QED) is 0.624. The minimum Gasteiger partial charge on any atom is -0.211 e. The molecular weight excluding hydrogens is 314 g/mol. The van der Waals surface area contributed by atoms with Crippen LogP contribution in [0, 0.1) is 11.3 Å². The molecule has 1 aliphatic rings. The summed E-state index contributed by atoms with van der Waals surface area (Å²) >= 11 is 5.88. The summed E-state index contributed by atoms with van der Waals surface area (Å²) in [5.74, 6) is 0. The third-order valence-electron chi connectivity index (χ3n) is 3.29. The average molecular weight is 326 g/mol. The minimum atomic E-state index is -3.71. The lowest BCUT2D eigenvalue weighted by atomic mass is 10.1. The van der Waals surface area contributed by atoms with E-state index in [9.17, 15) is 13.2 Å². The Hall–Kier alpha value is -1.71. The molecule has 1 fully saturated rings. The highest BCUT2D eigenvalue weighted by Crippen LogP contribution is 2.25. The highest BCUT2D eigenvalue weighted by Gasteiger charge is 2.30. The minimum absolute atomic E-state index is 0.0298. The molecule has 0 N–H and O–H groups in total. The van der Waals surface area contributed by atoms with E-state index in [0.29, 0.717) is 19.4 Å². The largest absolute Gasteiger partial charge is 0.243 e. The standard InChI is InChI=1S/C13H12ClN3O3S/c14-13-6-12(4-3-10(13)7-15)21(19,20)17-5-1-2-11(8-17)16-9-18/h3-4,6,11H,1-2,5,8H2. The van der Waals surface area contributed by atoms with Gasteiger partial charge in [0.2, 0.25) is 16.1 Å². The maximum Gasteiger partial charge on any atom is 0.243 e. The zero-order valence-electron chi connectivity index (χ0n) is 11.0. The molecule has 1 unspecified atom stereocenters. The lowest BCUT2D eigenvalue weighted by Crippen LogP contribution is -2.41. The van der Waals surface area contributed by atoms with Crippen molar-refractivity contribution in [2.75, 3.05) is 13.1 Å². The number of piperidine rings is 1. The van der Waals surface area contributed by atoms with Gasteiger partial charge in [-0.3, -0.25) is 0 Å². The number of halogens is 1. The number of isocyanates is 1. The van der Waals surface area contributed by atoms with E-state index in [2.05, 4.69) is 4.99 Å². The van der Waals surface area contributed by atoms with Crippen molar-refractivity contribution in [3.05, 3.63) is 28.8 Å². The van der Waals surface area contributed by atoms with Crippen LogP contribution in [0.3, 0.4) is 0 Å². The summed E-state index contributed by atoms with van der Waals surface area (Å²) in [7, 11) is -3.71. The first-order valence-electron chi connectivity index (χ1n) is 6.26. The maximum absolute atomic E-state index is 12.5. The van der Waals surface area contributed by atoms with Crippen molar-refractivity contribution >= 4 is 27.7 Å². The summed E-state index contributed by atoms with van der Waals surface area (Å²) in [4.78, 5) is 13.9. The van der Waals surface area contributed by atoms with Crippen molar-refractivity contribution in [1.82, 2.24) is 4.31 Å². The number of benzene rings is 1. The number of rotatable bonds is 3. The molecular formula is C13H12ClN3O3S. The normalized spacial score (nSPS) is 19.5. The van der Waals surface area contributed by atoms with Gasteiger partial charge in [-0.15, -0.1) is 0 Å². The number of carbonyl (C=O) groups excluding carboxylic acids is 1. The van der Waals surface area contributed by atoms with Crippen LogP contribution in [0.4, 0.5) is 0 Å². The molecule has 1 atom stereocenters. The van der Waals surface area contributed by atoms with Crippen molar-refractivity contribution < 1.29 is 13.2 Å². The van der Waals surface area contributed by atoms with Crippen LogP contribution in [0.15, 0.2) is 28.1 Å². The Kier molecular flexibility index (Phi) is 4.76. The summed E-state index contributed by atoms with van der Waals surface area (Å²) in [6.45, 7) is 0.514. The first-order chi connectivity index (χ1) is 9.98. The molecule has 1 heterocycles. The van der Waals surface area contributed by atoms with E-state index in [-0.39, 0.29) is 28.1 Å². The molecule has 0 spiro atoms. The van der Waals surface area contributed by atoms with Gasteiger partial charge in [-0.1, -0.05) is 11.6 Å². The summed E-state index contributed by atoms with van der Waals surface area (Å²) < 4.78 is 26.3. The molecule has 1 aromatic rings. The Bertz CT molecular complexity index is 736. The first kappa shape index (κ1) is 15.7. The Morgan fingerprint density at radius 3 is 2.81 bits per heavy atom. The molecule has 0 bridgehead atoms. The highest BCUT2D eigenvalue weighted by molar-refractivity contribution is 7.89. The molecule has 1 saturated heterocycles. The molecule has 0 amide bonds. The molecule has 0 saturated carbocycles. The maximum atomic E-state index is 12.5. The molecule has 1 aliphatic heterocycles. The zero-order valence-corrected chi connectivity index (χ0v) is 12.6. The van der Waals surface area contributed by atoms with Crippen LogP contribution in [0.2, 0.25) is 5.02 Å². The Morgan fingerprint density at radius 2 is 2.19 bits per heavy atom. The third kappa shape index (κ3) is 3.31. The van der Waals surface area contributed by atoms with Crippen molar-refractivity contribution in [2.45, 2.75) is 23.8 Å². The molecule has 8 heteroatoms. The topological polar surface area (TPSA) is 90.6 Å². The molecule has 1 aromatic carbocycles. The van der Waals surface area contributed by atoms with Crippen molar-refractivity contribution in [3.8, 4) is 6.07 Å². The van der Waals surface area contributed by atoms with E-state index in [0.717, 1.165) is 0 Å². The van der Waals surface area contributed by atoms with Crippen molar-refractivity contribution in [2.24, 2.45) is 4.99 Å². The van der Waals surface area contributed by atoms with Crippen LogP contribution in [0.5, 0.6) is 0 Å². The van der Waals surface area contributed by atoms with Crippen LogP contribution in [0.25, 0.3) is 0 Å². The van der Waals surface area contributed by atoms with Gasteiger partial charge in [0.15, 0.2) is 0 Å². The summed E-state index contributed by atoms with van der Waals surface area (Å²) in [5, 5.41) is 8.91. The van der Waals surface area contributed by atoms with Gasteiger partial charge in [-0.25, -0.2) is 18.2 Å². The number of aliphatic imine (C=N–C) groups is 1. The number of sulfonamides is 1. The Morgan fingerprint density at radius 1 is 1.43 bits per heavy atom. The van der Waals surface area contributed by atoms with Crippen LogP contribution in [-0.4, -0.2) is 37.9 Å². The fourth-order valence-corrected chi connectivity index (χ4v) is 4.05. The van der Waals surface area contributed by atoms with Crippen molar-refractivity contribution in [3.63, 3.8) is 0 Å². The fraction of sp³-hybridized carbons (Fsp3) is 0.385.